The lowest BCUT2D eigenvalue weighted by atomic mass is 10.3. The van der Waals surface area contributed by atoms with E-state index in [0.717, 1.165) is 0 Å². The van der Waals surface area contributed by atoms with E-state index < -0.39 is 5.91 Å². The quantitative estimate of drug-likeness (QED) is 0.780. The van der Waals surface area contributed by atoms with E-state index >= 15 is 0 Å². The molecule has 80 valence electrons. The first-order chi connectivity index (χ1) is 7.09. The third-order valence-electron chi connectivity index (χ3n) is 1.60. The third-order valence-corrected chi connectivity index (χ3v) is 2.05. The smallest absolute Gasteiger partial charge is 0.269 e. The molecular formula is C9H10BrN3O2. The van der Waals surface area contributed by atoms with E-state index in [1.807, 2.05) is 0 Å². The van der Waals surface area contributed by atoms with E-state index in [1.165, 1.54) is 0 Å². The number of nitrogens with zero attached hydrogens (tertiary/aromatic N) is 1. The van der Waals surface area contributed by atoms with E-state index in [2.05, 4.69) is 26.2 Å². The predicted octanol–water partition coefficient (Wildman–Crippen LogP) is 0.449. The Morgan fingerprint density at radius 2 is 2.20 bits per heavy atom. The van der Waals surface area contributed by atoms with Crippen LogP contribution in [0.2, 0.25) is 0 Å². The third kappa shape index (κ3) is 4.07. The van der Waals surface area contributed by atoms with Gasteiger partial charge in [-0.25, -0.2) is 4.98 Å². The summed E-state index contributed by atoms with van der Waals surface area (Å²) in [5.74, 6) is -0.768. The Labute approximate surface area is 95.2 Å². The van der Waals surface area contributed by atoms with Gasteiger partial charge in [0, 0.05) is 13.0 Å². The van der Waals surface area contributed by atoms with Crippen molar-refractivity contribution in [3.63, 3.8) is 0 Å². The molecule has 1 aromatic heterocycles. The van der Waals surface area contributed by atoms with E-state index in [9.17, 15) is 9.59 Å². The molecule has 0 fully saturated rings. The van der Waals surface area contributed by atoms with Crippen LogP contribution in [0, 0.1) is 0 Å². The van der Waals surface area contributed by atoms with E-state index in [-0.39, 0.29) is 18.9 Å². The van der Waals surface area contributed by atoms with Crippen molar-refractivity contribution in [2.24, 2.45) is 5.73 Å². The van der Waals surface area contributed by atoms with Crippen molar-refractivity contribution in [1.29, 1.82) is 0 Å². The molecule has 15 heavy (non-hydrogen) atoms. The molecule has 0 saturated carbocycles. The second-order valence-corrected chi connectivity index (χ2v) is 3.63. The second-order valence-electron chi connectivity index (χ2n) is 2.82. The first-order valence-electron chi connectivity index (χ1n) is 4.28. The van der Waals surface area contributed by atoms with Crippen molar-refractivity contribution in [3.8, 4) is 0 Å². The molecule has 2 amide bonds. The van der Waals surface area contributed by atoms with Crippen LogP contribution in [0.15, 0.2) is 22.8 Å². The maximum Gasteiger partial charge on any atom is 0.269 e. The SMILES string of the molecule is NC(=O)CCNC(=O)c1cccc(Br)n1. The van der Waals surface area contributed by atoms with Crippen LogP contribution in [-0.2, 0) is 4.79 Å². The number of nitrogens with two attached hydrogens (primary N) is 1. The number of carbonyl (C=O) groups excluding carboxylic acids is 2. The van der Waals surface area contributed by atoms with Gasteiger partial charge in [-0.2, -0.15) is 0 Å². The number of halogens is 1. The highest BCUT2D eigenvalue weighted by molar-refractivity contribution is 9.10. The van der Waals surface area contributed by atoms with Gasteiger partial charge in [0.1, 0.15) is 10.3 Å². The van der Waals surface area contributed by atoms with Crippen LogP contribution in [0.25, 0.3) is 0 Å². The minimum Gasteiger partial charge on any atom is -0.370 e. The molecule has 0 saturated heterocycles. The van der Waals surface area contributed by atoms with E-state index in [4.69, 9.17) is 5.73 Å². The molecule has 1 rings (SSSR count). The van der Waals surface area contributed by atoms with Gasteiger partial charge in [0.2, 0.25) is 5.91 Å². The summed E-state index contributed by atoms with van der Waals surface area (Å²) in [7, 11) is 0. The molecule has 0 spiro atoms. The molecule has 0 atom stereocenters. The van der Waals surface area contributed by atoms with E-state index in [1.54, 1.807) is 18.2 Å². The normalized spacial score (nSPS) is 9.67. The van der Waals surface area contributed by atoms with Crippen molar-refractivity contribution in [1.82, 2.24) is 10.3 Å². The second kappa shape index (κ2) is 5.45. The Morgan fingerprint density at radius 1 is 1.47 bits per heavy atom. The average molecular weight is 272 g/mol. The van der Waals surface area contributed by atoms with Crippen LogP contribution >= 0.6 is 15.9 Å². The predicted molar refractivity (Wildman–Crippen MR) is 58.1 cm³/mol. The van der Waals surface area contributed by atoms with Gasteiger partial charge < -0.3 is 11.1 Å². The molecule has 0 radical (unpaired) electrons. The van der Waals surface area contributed by atoms with Crippen LogP contribution < -0.4 is 11.1 Å². The summed E-state index contributed by atoms with van der Waals surface area (Å²) in [4.78, 5) is 25.8. The van der Waals surface area contributed by atoms with Gasteiger partial charge in [-0.15, -0.1) is 0 Å². The molecule has 0 bridgehead atoms. The molecule has 0 aliphatic rings. The summed E-state index contributed by atoms with van der Waals surface area (Å²) in [5.41, 5.74) is 5.23. The minimum atomic E-state index is -0.447. The first kappa shape index (κ1) is 11.6. The fraction of sp³-hybridized carbons (Fsp3) is 0.222. The van der Waals surface area contributed by atoms with Crippen LogP contribution in [-0.4, -0.2) is 23.3 Å². The van der Waals surface area contributed by atoms with Gasteiger partial charge >= 0.3 is 0 Å². The average Bonchev–Trinajstić information content (AvgIpc) is 2.17. The summed E-state index contributed by atoms with van der Waals surface area (Å²) >= 11 is 3.16. The number of nitrogens with one attached hydrogen (secondary N) is 1. The molecule has 0 aromatic carbocycles. The Morgan fingerprint density at radius 3 is 2.80 bits per heavy atom. The zero-order chi connectivity index (χ0) is 11.3. The Kier molecular flexibility index (Phi) is 4.23. The Hall–Kier alpha value is -1.43. The van der Waals surface area contributed by atoms with Gasteiger partial charge in [0.15, 0.2) is 0 Å². The number of primary amides is 1. The van der Waals surface area contributed by atoms with Crippen molar-refractivity contribution in [2.75, 3.05) is 6.54 Å². The molecule has 5 nitrogen and oxygen atoms in total. The van der Waals surface area contributed by atoms with E-state index in [0.29, 0.717) is 10.3 Å². The number of carbonyl (C=O) groups is 2. The van der Waals surface area contributed by atoms with Gasteiger partial charge in [-0.1, -0.05) is 6.07 Å². The maximum absolute atomic E-state index is 11.4. The van der Waals surface area contributed by atoms with Gasteiger partial charge in [-0.05, 0) is 28.1 Å². The number of hydrogen-bond donors (Lipinski definition) is 2. The highest BCUT2D eigenvalue weighted by atomic mass is 79.9. The van der Waals surface area contributed by atoms with Gasteiger partial charge in [0.05, 0.1) is 0 Å². The van der Waals surface area contributed by atoms with Crippen LogP contribution in [0.1, 0.15) is 16.9 Å². The summed E-state index contributed by atoms with van der Waals surface area (Å²) < 4.78 is 0.588. The van der Waals surface area contributed by atoms with Crippen LogP contribution in [0.4, 0.5) is 0 Å². The lowest BCUT2D eigenvalue weighted by Gasteiger charge is -2.02. The largest absolute Gasteiger partial charge is 0.370 e. The molecule has 3 N–H and O–H groups in total. The fourth-order valence-electron chi connectivity index (χ4n) is 0.925. The lowest BCUT2D eigenvalue weighted by Crippen LogP contribution is -2.28. The fourth-order valence-corrected chi connectivity index (χ4v) is 1.27. The highest BCUT2D eigenvalue weighted by Gasteiger charge is 2.06. The summed E-state index contributed by atoms with van der Waals surface area (Å²) in [5, 5.41) is 2.53. The van der Waals surface area contributed by atoms with Gasteiger partial charge in [-0.3, -0.25) is 9.59 Å². The van der Waals surface area contributed by atoms with Crippen molar-refractivity contribution in [2.45, 2.75) is 6.42 Å². The van der Waals surface area contributed by atoms with Crippen molar-refractivity contribution < 1.29 is 9.59 Å². The van der Waals surface area contributed by atoms with Crippen molar-refractivity contribution >= 4 is 27.7 Å². The van der Waals surface area contributed by atoms with Crippen molar-refractivity contribution in [3.05, 3.63) is 28.5 Å². The Balaban J connectivity index is 2.50. The highest BCUT2D eigenvalue weighted by Crippen LogP contribution is 2.05. The number of amides is 2. The molecule has 6 heteroatoms. The number of pyridine rings is 1. The van der Waals surface area contributed by atoms with Crippen LogP contribution in [0.3, 0.4) is 0 Å². The summed E-state index contributed by atoms with van der Waals surface area (Å²) in [6.07, 6.45) is 0.125. The molecule has 1 aromatic rings. The molecular weight excluding hydrogens is 262 g/mol. The molecule has 0 unspecified atom stereocenters. The maximum atomic E-state index is 11.4. The number of aromatic nitrogens is 1. The molecule has 0 aliphatic heterocycles. The monoisotopic (exact) mass is 271 g/mol. The summed E-state index contributed by atoms with van der Waals surface area (Å²) in [6.45, 7) is 0.225. The molecule has 0 aliphatic carbocycles. The minimum absolute atomic E-state index is 0.125. The number of hydrogen-bond acceptors (Lipinski definition) is 3. The zero-order valence-corrected chi connectivity index (χ0v) is 9.45. The lowest BCUT2D eigenvalue weighted by molar-refractivity contribution is -0.117. The van der Waals surface area contributed by atoms with Crippen LogP contribution in [0.5, 0.6) is 0 Å². The Bertz CT molecular complexity index is 381. The molecule has 1 heterocycles. The standard InChI is InChI=1S/C9H10BrN3O2/c10-7-3-1-2-6(13-7)9(15)12-5-4-8(11)14/h1-3H,4-5H2,(H2,11,14)(H,12,15). The van der Waals surface area contributed by atoms with Gasteiger partial charge in [0.25, 0.3) is 5.91 Å². The first-order valence-corrected chi connectivity index (χ1v) is 5.08. The summed E-state index contributed by atoms with van der Waals surface area (Å²) in [6, 6.07) is 5.02. The topological polar surface area (TPSA) is 85.1 Å². The zero-order valence-electron chi connectivity index (χ0n) is 7.87. The number of rotatable bonds is 4.